The Balaban J connectivity index is 0.000000147. The molecule has 0 amide bonds. The first kappa shape index (κ1) is 24.7. The van der Waals surface area contributed by atoms with Gasteiger partial charge in [0.25, 0.3) is 0 Å². The normalized spacial score (nSPS) is 18.7. The molecular formula is C24H18BrCl2S2Zr-3. The molecule has 1 saturated heterocycles. The van der Waals surface area contributed by atoms with Gasteiger partial charge in [-0.25, -0.2) is 0 Å². The van der Waals surface area contributed by atoms with Gasteiger partial charge in [-0.05, 0) is 12.0 Å². The van der Waals surface area contributed by atoms with E-state index in [4.69, 9.17) is 17.0 Å². The van der Waals surface area contributed by atoms with Crippen LogP contribution in [0.4, 0.5) is 0 Å². The number of rotatable bonds is 0. The number of hydrogen-bond acceptors (Lipinski definition) is 2. The summed E-state index contributed by atoms with van der Waals surface area (Å²) < 4.78 is 0.491. The molecule has 0 spiro atoms. The molecule has 2 aliphatic carbocycles. The third kappa shape index (κ3) is 5.33. The Morgan fingerprint density at radius 1 is 1.00 bits per heavy atom. The molecule has 6 rings (SSSR count). The van der Waals surface area contributed by atoms with Crippen LogP contribution in [-0.2, 0) is 40.8 Å². The Morgan fingerprint density at radius 3 is 2.53 bits per heavy atom. The standard InChI is InChI=1S/C13H9.C11H8BrS.2ClH.H2S.Zr/c1-3-7-12-10(5-1)9-11-6-2-4-8-13(11)12;12-11-9-5-7-3-1-2-4-8(7)10(9)6-13-11;;;;/h1-5,7-8H,9H2;1-6,10-11H;2*1H;1H2;/q2*-1;;;;+2/p-3. The van der Waals surface area contributed by atoms with Crippen molar-refractivity contribution in [2.24, 2.45) is 0 Å². The van der Waals surface area contributed by atoms with Gasteiger partial charge in [-0.3, -0.25) is 5.75 Å². The van der Waals surface area contributed by atoms with E-state index in [1.54, 1.807) is 0 Å². The number of alkyl halides is 1. The molecule has 3 aromatic rings. The van der Waals surface area contributed by atoms with Crippen LogP contribution in [-0.4, -0.2) is 4.16 Å². The average molecular weight is 613 g/mol. The van der Waals surface area contributed by atoms with E-state index in [0.29, 0.717) is 10.1 Å². The predicted octanol–water partition coefficient (Wildman–Crippen LogP) is 7.96. The summed E-state index contributed by atoms with van der Waals surface area (Å²) in [6.07, 6.45) is 3.36. The summed E-state index contributed by atoms with van der Waals surface area (Å²) in [6.45, 7) is 0. The molecule has 0 saturated carbocycles. The van der Waals surface area contributed by atoms with Crippen molar-refractivity contribution in [2.45, 2.75) is 16.5 Å². The van der Waals surface area contributed by atoms with Gasteiger partial charge in [0.1, 0.15) is 0 Å². The van der Waals surface area contributed by atoms with E-state index in [1.807, 2.05) is 17.8 Å². The minimum atomic E-state index is -0.826. The van der Waals surface area contributed by atoms with Gasteiger partial charge in [0.05, 0.1) is 4.16 Å². The number of hydrogen-bond donors (Lipinski definition) is 0. The molecule has 1 aliphatic heterocycles. The molecule has 3 aromatic carbocycles. The number of thiol groups is 1. The fourth-order valence-corrected chi connectivity index (χ4v) is 5.72. The molecule has 0 N–H and O–H groups in total. The fourth-order valence-electron chi connectivity index (χ4n) is 3.96. The first-order valence-electron chi connectivity index (χ1n) is 9.20. The first-order chi connectivity index (χ1) is 14.2. The second-order valence-electron chi connectivity index (χ2n) is 6.81. The van der Waals surface area contributed by atoms with Gasteiger partial charge >= 0.3 is 37.9 Å². The minimum absolute atomic E-state index is 0. The predicted molar refractivity (Wildman–Crippen MR) is 136 cm³/mol. The summed E-state index contributed by atoms with van der Waals surface area (Å²) in [6, 6.07) is 26.8. The Labute approximate surface area is 217 Å². The van der Waals surface area contributed by atoms with Crippen molar-refractivity contribution in [3.8, 4) is 11.1 Å². The summed E-state index contributed by atoms with van der Waals surface area (Å²) in [7, 11) is 9.87. The largest absolute Gasteiger partial charge is 0.813 e. The van der Waals surface area contributed by atoms with E-state index in [9.17, 15) is 0 Å². The molecule has 3 aliphatic rings. The Bertz CT molecular complexity index is 997. The maximum Gasteiger partial charge on any atom is -0.0253 e. The first-order valence-corrected chi connectivity index (χ1v) is 17.4. The Morgan fingerprint density at radius 2 is 1.70 bits per heavy atom. The van der Waals surface area contributed by atoms with Gasteiger partial charge < -0.3 is 25.3 Å². The van der Waals surface area contributed by atoms with Crippen molar-refractivity contribution in [2.75, 3.05) is 0 Å². The number of thioether (sulfide) groups is 1. The zero-order chi connectivity index (χ0) is 20.2. The van der Waals surface area contributed by atoms with Crippen LogP contribution in [0.2, 0.25) is 0 Å². The monoisotopic (exact) mass is 609 g/mol. The average Bonchev–Trinajstić information content (AvgIpc) is 3.42. The summed E-state index contributed by atoms with van der Waals surface area (Å²) in [5.41, 5.74) is 9.87. The van der Waals surface area contributed by atoms with E-state index < -0.39 is 20.8 Å². The van der Waals surface area contributed by atoms with E-state index in [0.717, 1.165) is 6.42 Å². The van der Waals surface area contributed by atoms with Crippen molar-refractivity contribution in [3.63, 3.8) is 0 Å². The SMILES string of the molecule is BrC1S[CH-]C2C1=Cc1ccccc12.[Cl][Zr][Cl].[SH-].[c-]1cccc2c1Cc1ccccc1-2. The number of halogens is 3. The van der Waals surface area contributed by atoms with E-state index in [2.05, 4.69) is 94.5 Å². The van der Waals surface area contributed by atoms with Gasteiger partial charge in [0.15, 0.2) is 0 Å². The molecule has 1 heterocycles. The molecule has 0 bridgehead atoms. The molecule has 0 nitrogen and oxygen atoms in total. The maximum absolute atomic E-state index is 4.93. The number of fused-ring (bicyclic) bond motifs is 6. The van der Waals surface area contributed by atoms with Crippen molar-refractivity contribution < 1.29 is 20.8 Å². The number of benzene rings is 3. The van der Waals surface area contributed by atoms with Crippen LogP contribution in [0.15, 0.2) is 72.3 Å². The van der Waals surface area contributed by atoms with E-state index in [-0.39, 0.29) is 13.5 Å². The molecule has 6 heteroatoms. The summed E-state index contributed by atoms with van der Waals surface area (Å²) >= 11 is 4.72. The quantitative estimate of drug-likeness (QED) is 0.0856. The Hall–Kier alpha value is 0.0431. The topological polar surface area (TPSA) is 0 Å². The molecule has 0 radical (unpaired) electrons. The molecule has 2 atom stereocenters. The van der Waals surface area contributed by atoms with Gasteiger partial charge in [-0.1, -0.05) is 92.8 Å². The summed E-state index contributed by atoms with van der Waals surface area (Å²) in [4.78, 5) is 0. The third-order valence-electron chi connectivity index (χ3n) is 5.23. The summed E-state index contributed by atoms with van der Waals surface area (Å²) in [5, 5.41) is 0. The second kappa shape index (κ2) is 11.8. The zero-order valence-electron chi connectivity index (χ0n) is 15.9. The Kier molecular flexibility index (Phi) is 9.69. The van der Waals surface area contributed by atoms with Crippen LogP contribution in [0.25, 0.3) is 17.2 Å². The van der Waals surface area contributed by atoms with Crippen molar-refractivity contribution in [1.82, 2.24) is 0 Å². The van der Waals surface area contributed by atoms with Crippen molar-refractivity contribution in [1.29, 1.82) is 0 Å². The smallest absolute Gasteiger partial charge is 0.0253 e. The van der Waals surface area contributed by atoms with Crippen LogP contribution in [0.1, 0.15) is 28.2 Å². The molecular weight excluding hydrogens is 594 g/mol. The molecule has 1 fully saturated rings. The van der Waals surface area contributed by atoms with Gasteiger partial charge in [0.2, 0.25) is 0 Å². The summed E-state index contributed by atoms with van der Waals surface area (Å²) in [5.74, 6) is 2.89. The second-order valence-corrected chi connectivity index (χ2v) is 13.1. The molecule has 2 unspecified atom stereocenters. The van der Waals surface area contributed by atoms with E-state index in [1.165, 1.54) is 39.0 Å². The van der Waals surface area contributed by atoms with Gasteiger partial charge in [0, 0.05) is 0 Å². The van der Waals surface area contributed by atoms with Crippen LogP contribution in [0.3, 0.4) is 0 Å². The molecule has 0 aromatic heterocycles. The van der Waals surface area contributed by atoms with Gasteiger partial charge in [-0.15, -0.1) is 11.5 Å². The van der Waals surface area contributed by atoms with Crippen molar-refractivity contribution in [3.05, 3.63) is 106 Å². The molecule has 30 heavy (non-hydrogen) atoms. The van der Waals surface area contributed by atoms with Crippen LogP contribution < -0.4 is 0 Å². The van der Waals surface area contributed by atoms with Crippen LogP contribution >= 0.6 is 44.7 Å². The van der Waals surface area contributed by atoms with Crippen molar-refractivity contribution >= 4 is 64.3 Å². The van der Waals surface area contributed by atoms with E-state index >= 15 is 0 Å². The maximum atomic E-state index is 4.93. The van der Waals surface area contributed by atoms with Gasteiger partial charge in [-0.2, -0.15) is 29.8 Å². The van der Waals surface area contributed by atoms with Crippen LogP contribution in [0, 0.1) is 11.8 Å². The zero-order valence-corrected chi connectivity index (χ0v) is 23.1. The fraction of sp³-hybridized carbons (Fsp3) is 0.125. The third-order valence-corrected chi connectivity index (χ3v) is 7.34. The minimum Gasteiger partial charge on any atom is -0.813 e. The van der Waals surface area contributed by atoms with Crippen LogP contribution in [0.5, 0.6) is 0 Å². The molecule has 154 valence electrons.